The third kappa shape index (κ3) is 36.2. The summed E-state index contributed by atoms with van der Waals surface area (Å²) in [6.45, 7) is 8.89. The van der Waals surface area contributed by atoms with Gasteiger partial charge < -0.3 is 14.6 Å². The number of rotatable bonds is 38. The number of ether oxygens (including phenoxy) is 2. The van der Waals surface area contributed by atoms with Gasteiger partial charge in [-0.1, -0.05) is 207 Å². The minimum atomic E-state index is -0.763. The van der Waals surface area contributed by atoms with Crippen molar-refractivity contribution >= 4 is 11.9 Å². The lowest BCUT2D eigenvalue weighted by Crippen LogP contribution is -2.28. The van der Waals surface area contributed by atoms with Crippen LogP contribution in [0.5, 0.6) is 0 Å². The molecule has 0 fully saturated rings. The highest BCUT2D eigenvalue weighted by molar-refractivity contribution is 5.70. The second-order valence-electron chi connectivity index (χ2n) is 15.5. The van der Waals surface area contributed by atoms with Crippen LogP contribution < -0.4 is 0 Å². The van der Waals surface area contributed by atoms with Gasteiger partial charge in [-0.15, -0.1) is 0 Å². The summed E-state index contributed by atoms with van der Waals surface area (Å²) in [5.74, 6) is 1.15. The summed E-state index contributed by atoms with van der Waals surface area (Å²) in [4.78, 5) is 24.3. The van der Waals surface area contributed by atoms with Crippen molar-refractivity contribution in [2.24, 2.45) is 11.8 Å². The van der Waals surface area contributed by atoms with E-state index in [1.807, 2.05) is 0 Å². The van der Waals surface area contributed by atoms with Gasteiger partial charge in [-0.2, -0.15) is 0 Å². The van der Waals surface area contributed by atoms with Gasteiger partial charge in [-0.05, 0) is 24.7 Å². The fourth-order valence-electron chi connectivity index (χ4n) is 6.48. The molecule has 0 bridgehead atoms. The molecule has 0 aromatic rings. The van der Waals surface area contributed by atoms with Crippen molar-refractivity contribution in [1.82, 2.24) is 0 Å². The lowest BCUT2D eigenvalue weighted by Gasteiger charge is -2.15. The van der Waals surface area contributed by atoms with Crippen LogP contribution in [-0.2, 0) is 19.1 Å². The van der Waals surface area contributed by atoms with Crippen molar-refractivity contribution in [2.45, 2.75) is 239 Å². The molecule has 0 heterocycles. The van der Waals surface area contributed by atoms with Gasteiger partial charge >= 0.3 is 11.9 Å². The fourth-order valence-corrected chi connectivity index (χ4v) is 6.48. The van der Waals surface area contributed by atoms with Crippen LogP contribution in [0.1, 0.15) is 233 Å². The molecule has 5 nitrogen and oxygen atoms in total. The van der Waals surface area contributed by atoms with Crippen molar-refractivity contribution in [2.75, 3.05) is 13.2 Å². The van der Waals surface area contributed by atoms with Crippen molar-refractivity contribution in [3.05, 3.63) is 0 Å². The average Bonchev–Trinajstić information content (AvgIpc) is 3.07. The van der Waals surface area contributed by atoms with Gasteiger partial charge in [-0.3, -0.25) is 9.59 Å². The monoisotopic (exact) mass is 681 g/mol. The van der Waals surface area contributed by atoms with E-state index in [4.69, 9.17) is 9.47 Å². The fraction of sp³-hybridized carbons (Fsp3) is 0.953. The maximum atomic E-state index is 12.1. The third-order valence-electron chi connectivity index (χ3n) is 10.1. The number of carbonyl (C=O) groups excluding carboxylic acids is 2. The number of hydrogen-bond donors (Lipinski definition) is 1. The van der Waals surface area contributed by atoms with Gasteiger partial charge in [0.2, 0.25) is 0 Å². The molecule has 1 N–H and O–H groups in total. The van der Waals surface area contributed by atoms with Gasteiger partial charge in [-0.25, -0.2) is 0 Å². The number of carbonyl (C=O) groups is 2. The second kappa shape index (κ2) is 37.2. The first-order valence-electron chi connectivity index (χ1n) is 21.3. The maximum Gasteiger partial charge on any atom is 0.306 e. The molecular weight excluding hydrogens is 596 g/mol. The molecule has 0 aliphatic rings. The molecule has 0 aromatic carbocycles. The molecule has 0 spiro atoms. The molecule has 286 valence electrons. The van der Waals surface area contributed by atoms with E-state index in [0.29, 0.717) is 12.8 Å². The molecule has 0 amide bonds. The normalized spacial score (nSPS) is 12.8. The van der Waals surface area contributed by atoms with E-state index in [9.17, 15) is 14.7 Å². The minimum absolute atomic E-state index is 0.0586. The van der Waals surface area contributed by atoms with Gasteiger partial charge in [0.15, 0.2) is 6.10 Å². The zero-order valence-electron chi connectivity index (χ0n) is 32.9. The van der Waals surface area contributed by atoms with Crippen LogP contribution in [0.15, 0.2) is 0 Å². The van der Waals surface area contributed by atoms with E-state index in [-0.39, 0.29) is 25.2 Å². The van der Waals surface area contributed by atoms with E-state index >= 15 is 0 Å². The van der Waals surface area contributed by atoms with E-state index in [1.54, 1.807) is 0 Å². The minimum Gasteiger partial charge on any atom is -0.462 e. The van der Waals surface area contributed by atoms with Crippen molar-refractivity contribution in [3.8, 4) is 0 Å². The molecule has 0 radical (unpaired) electrons. The largest absolute Gasteiger partial charge is 0.462 e. The number of aliphatic hydroxyl groups excluding tert-OH is 1. The standard InChI is InChI=1S/C43H84O5/c1-5-40(4)34-30-26-22-18-14-12-10-8-6-7-9-11-13-15-19-23-27-31-35-42(45)47-38-41(37-44)48-43(46)36-32-28-24-20-16-17-21-25-29-33-39(2)3/h39-41,44H,5-38H2,1-4H3/t40?,41-/m0/s1. The molecule has 48 heavy (non-hydrogen) atoms. The van der Waals surface area contributed by atoms with Crippen LogP contribution in [-0.4, -0.2) is 36.4 Å². The molecule has 5 heteroatoms. The number of aliphatic hydroxyl groups is 1. The first-order valence-corrected chi connectivity index (χ1v) is 21.3. The summed E-state index contributed by atoms with van der Waals surface area (Å²) in [6.07, 6.45) is 38.9. The molecule has 1 unspecified atom stereocenters. The number of unbranched alkanes of at least 4 members (excludes halogenated alkanes) is 25. The highest BCUT2D eigenvalue weighted by Crippen LogP contribution is 2.17. The molecule has 0 saturated heterocycles. The Balaban J connectivity index is 3.45. The molecule has 0 aromatic heterocycles. The first kappa shape index (κ1) is 46.9. The molecule has 0 aliphatic carbocycles. The van der Waals surface area contributed by atoms with Crippen LogP contribution in [0, 0.1) is 11.8 Å². The van der Waals surface area contributed by atoms with E-state index in [2.05, 4.69) is 27.7 Å². The molecule has 0 aliphatic heterocycles. The Labute approximate surface area is 299 Å². The molecular formula is C43H84O5. The van der Waals surface area contributed by atoms with E-state index in [1.165, 1.54) is 161 Å². The van der Waals surface area contributed by atoms with Gasteiger partial charge in [0.05, 0.1) is 6.61 Å². The topological polar surface area (TPSA) is 72.8 Å². The van der Waals surface area contributed by atoms with Crippen LogP contribution in [0.25, 0.3) is 0 Å². The van der Waals surface area contributed by atoms with Crippen LogP contribution in [0.3, 0.4) is 0 Å². The second-order valence-corrected chi connectivity index (χ2v) is 15.5. The first-order chi connectivity index (χ1) is 23.4. The third-order valence-corrected chi connectivity index (χ3v) is 10.1. The van der Waals surface area contributed by atoms with Crippen LogP contribution >= 0.6 is 0 Å². The molecule has 0 saturated carbocycles. The van der Waals surface area contributed by atoms with E-state index < -0.39 is 6.10 Å². The average molecular weight is 681 g/mol. The quantitative estimate of drug-likeness (QED) is 0.0519. The van der Waals surface area contributed by atoms with E-state index in [0.717, 1.165) is 43.9 Å². The SMILES string of the molecule is CCC(C)CCCCCCCCCCCCCCCCCCCCC(=O)OC[C@H](CO)OC(=O)CCCCCCCCCCCC(C)C. The van der Waals surface area contributed by atoms with Crippen LogP contribution in [0.2, 0.25) is 0 Å². The Hall–Kier alpha value is -1.10. The summed E-state index contributed by atoms with van der Waals surface area (Å²) in [7, 11) is 0. The lowest BCUT2D eigenvalue weighted by molar-refractivity contribution is -0.161. The summed E-state index contributed by atoms with van der Waals surface area (Å²) in [5, 5.41) is 9.55. The summed E-state index contributed by atoms with van der Waals surface area (Å²) < 4.78 is 10.6. The highest BCUT2D eigenvalue weighted by atomic mass is 16.6. The smallest absolute Gasteiger partial charge is 0.306 e. The Morgan fingerprint density at radius 3 is 1.17 bits per heavy atom. The Kier molecular flexibility index (Phi) is 36.3. The summed E-state index contributed by atoms with van der Waals surface area (Å²) >= 11 is 0. The van der Waals surface area contributed by atoms with Crippen molar-refractivity contribution in [3.63, 3.8) is 0 Å². The van der Waals surface area contributed by atoms with Crippen molar-refractivity contribution < 1.29 is 24.2 Å². The van der Waals surface area contributed by atoms with Crippen LogP contribution in [0.4, 0.5) is 0 Å². The summed E-state index contributed by atoms with van der Waals surface area (Å²) in [5.41, 5.74) is 0. The number of hydrogen-bond acceptors (Lipinski definition) is 5. The number of esters is 2. The van der Waals surface area contributed by atoms with Gasteiger partial charge in [0.25, 0.3) is 0 Å². The Morgan fingerprint density at radius 1 is 0.479 bits per heavy atom. The lowest BCUT2D eigenvalue weighted by atomic mass is 9.99. The zero-order valence-corrected chi connectivity index (χ0v) is 32.9. The Morgan fingerprint density at radius 2 is 0.812 bits per heavy atom. The van der Waals surface area contributed by atoms with Gasteiger partial charge in [0.1, 0.15) is 6.61 Å². The zero-order chi connectivity index (χ0) is 35.3. The highest BCUT2D eigenvalue weighted by Gasteiger charge is 2.16. The predicted molar refractivity (Wildman–Crippen MR) is 205 cm³/mol. The maximum absolute atomic E-state index is 12.1. The van der Waals surface area contributed by atoms with Crippen molar-refractivity contribution in [1.29, 1.82) is 0 Å². The Bertz CT molecular complexity index is 678. The molecule has 2 atom stereocenters. The molecule has 0 rings (SSSR count). The predicted octanol–water partition coefficient (Wildman–Crippen LogP) is 13.2. The van der Waals surface area contributed by atoms with Gasteiger partial charge in [0, 0.05) is 12.8 Å². The summed E-state index contributed by atoms with van der Waals surface area (Å²) in [6, 6.07) is 0.